The monoisotopic (exact) mass is 448 g/mol. The Kier molecular flexibility index (Phi) is 6.63. The number of carbonyl (C=O) groups excluding carboxylic acids is 2. The molecule has 1 aromatic heterocycles. The molecule has 0 saturated carbocycles. The van der Waals surface area contributed by atoms with Gasteiger partial charge < -0.3 is 14.2 Å². The Bertz CT molecular complexity index is 1170. The van der Waals surface area contributed by atoms with Crippen molar-refractivity contribution >= 4 is 11.9 Å². The number of hydrogen-bond donors (Lipinski definition) is 0. The molecule has 1 atom stereocenters. The van der Waals surface area contributed by atoms with Crippen molar-refractivity contribution < 1.29 is 18.7 Å². The second-order valence-electron chi connectivity index (χ2n) is 8.55. The van der Waals surface area contributed by atoms with Gasteiger partial charge >= 0.3 is 5.97 Å². The summed E-state index contributed by atoms with van der Waals surface area (Å²) >= 11 is 0. The van der Waals surface area contributed by atoms with Gasteiger partial charge in [-0.25, -0.2) is 4.39 Å². The summed E-state index contributed by atoms with van der Waals surface area (Å²) in [6.07, 6.45) is 1.49. The number of aryl methyl sites for hydroxylation is 1. The van der Waals surface area contributed by atoms with E-state index in [0.717, 1.165) is 41.0 Å². The van der Waals surface area contributed by atoms with Crippen LogP contribution in [0.2, 0.25) is 0 Å². The summed E-state index contributed by atoms with van der Waals surface area (Å²) in [6.45, 7) is 7.04. The van der Waals surface area contributed by atoms with Crippen LogP contribution in [0, 0.1) is 25.6 Å². The number of rotatable bonds is 5. The third-order valence-corrected chi connectivity index (χ3v) is 6.21. The fourth-order valence-corrected chi connectivity index (χ4v) is 4.54. The van der Waals surface area contributed by atoms with E-state index in [1.165, 1.54) is 12.1 Å². The Morgan fingerprint density at radius 2 is 1.85 bits per heavy atom. The molecule has 0 radical (unpaired) electrons. The lowest BCUT2D eigenvalue weighted by Crippen LogP contribution is -2.43. The van der Waals surface area contributed by atoms with E-state index in [1.807, 2.05) is 42.7 Å². The van der Waals surface area contributed by atoms with Gasteiger partial charge in [0, 0.05) is 24.5 Å². The minimum Gasteiger partial charge on any atom is -0.466 e. The highest BCUT2D eigenvalue weighted by Gasteiger charge is 2.31. The van der Waals surface area contributed by atoms with E-state index in [1.54, 1.807) is 24.0 Å². The summed E-state index contributed by atoms with van der Waals surface area (Å²) in [5.41, 5.74) is 5.08. The number of ether oxygens (including phenoxy) is 1. The average Bonchev–Trinajstić information content (AvgIpc) is 3.16. The van der Waals surface area contributed by atoms with Gasteiger partial charge in [-0.2, -0.15) is 0 Å². The van der Waals surface area contributed by atoms with Crippen LogP contribution in [0.5, 0.6) is 0 Å². The number of likely N-dealkylation sites (tertiary alicyclic amines) is 1. The predicted molar refractivity (Wildman–Crippen MR) is 126 cm³/mol. The van der Waals surface area contributed by atoms with Gasteiger partial charge in [-0.15, -0.1) is 0 Å². The van der Waals surface area contributed by atoms with Crippen LogP contribution in [0.4, 0.5) is 4.39 Å². The highest BCUT2D eigenvalue weighted by atomic mass is 19.1. The van der Waals surface area contributed by atoms with Crippen molar-refractivity contribution in [2.24, 2.45) is 5.92 Å². The summed E-state index contributed by atoms with van der Waals surface area (Å²) in [7, 11) is 0. The number of esters is 1. The lowest BCUT2D eigenvalue weighted by atomic mass is 9.97. The molecule has 1 saturated heterocycles. The van der Waals surface area contributed by atoms with Crippen LogP contribution in [-0.4, -0.2) is 41.0 Å². The van der Waals surface area contributed by atoms with E-state index in [-0.39, 0.29) is 23.6 Å². The number of hydrogen-bond acceptors (Lipinski definition) is 3. The van der Waals surface area contributed by atoms with Gasteiger partial charge in [0.2, 0.25) is 0 Å². The zero-order valence-electron chi connectivity index (χ0n) is 19.3. The Morgan fingerprint density at radius 3 is 2.55 bits per heavy atom. The third kappa shape index (κ3) is 4.70. The van der Waals surface area contributed by atoms with Crippen LogP contribution in [0.3, 0.4) is 0 Å². The SMILES string of the molecule is CCOC(=O)C1CCCN(C(=O)c2cc(-c3ccc(F)cc3)n(-c3cccc(C)c3)c2C)C1. The van der Waals surface area contributed by atoms with Crippen LogP contribution in [-0.2, 0) is 9.53 Å². The molecule has 0 bridgehead atoms. The maximum atomic E-state index is 13.6. The molecule has 172 valence electrons. The summed E-state index contributed by atoms with van der Waals surface area (Å²) in [4.78, 5) is 27.6. The fourth-order valence-electron chi connectivity index (χ4n) is 4.54. The zero-order valence-corrected chi connectivity index (χ0v) is 19.3. The Hall–Kier alpha value is -3.41. The van der Waals surface area contributed by atoms with Crippen molar-refractivity contribution in [2.45, 2.75) is 33.6 Å². The molecule has 1 unspecified atom stereocenters. The predicted octanol–water partition coefficient (Wildman–Crippen LogP) is 5.32. The molecule has 0 N–H and O–H groups in total. The number of piperidine rings is 1. The first kappa shape index (κ1) is 22.8. The van der Waals surface area contributed by atoms with E-state index < -0.39 is 0 Å². The highest BCUT2D eigenvalue weighted by Crippen LogP contribution is 2.31. The summed E-state index contributed by atoms with van der Waals surface area (Å²) in [5.74, 6) is -0.940. The van der Waals surface area contributed by atoms with Crippen molar-refractivity contribution in [3.8, 4) is 16.9 Å². The van der Waals surface area contributed by atoms with Crippen molar-refractivity contribution in [1.82, 2.24) is 9.47 Å². The van der Waals surface area contributed by atoms with Crippen LogP contribution in [0.15, 0.2) is 54.6 Å². The zero-order chi connectivity index (χ0) is 23.5. The van der Waals surface area contributed by atoms with E-state index in [0.29, 0.717) is 25.3 Å². The number of halogens is 1. The second-order valence-corrected chi connectivity index (χ2v) is 8.55. The quantitative estimate of drug-likeness (QED) is 0.497. The molecule has 2 aromatic carbocycles. The first-order valence-corrected chi connectivity index (χ1v) is 11.4. The number of carbonyl (C=O) groups is 2. The molecule has 4 rings (SSSR count). The van der Waals surface area contributed by atoms with Gasteiger partial charge in [0.25, 0.3) is 5.91 Å². The molecule has 1 fully saturated rings. The molecule has 1 aliphatic heterocycles. The van der Waals surface area contributed by atoms with Gasteiger partial charge in [0.15, 0.2) is 0 Å². The topological polar surface area (TPSA) is 51.5 Å². The molecule has 0 aliphatic carbocycles. The van der Waals surface area contributed by atoms with Crippen LogP contribution >= 0.6 is 0 Å². The Balaban J connectivity index is 1.74. The minimum atomic E-state index is -0.307. The smallest absolute Gasteiger partial charge is 0.310 e. The van der Waals surface area contributed by atoms with Crippen LogP contribution < -0.4 is 0 Å². The molecule has 6 heteroatoms. The molecule has 33 heavy (non-hydrogen) atoms. The van der Waals surface area contributed by atoms with E-state index in [2.05, 4.69) is 6.07 Å². The van der Waals surface area contributed by atoms with Crippen molar-refractivity contribution in [3.05, 3.63) is 77.2 Å². The van der Waals surface area contributed by atoms with Crippen LogP contribution in [0.1, 0.15) is 41.4 Å². The molecule has 1 amide bonds. The van der Waals surface area contributed by atoms with Crippen molar-refractivity contribution in [1.29, 1.82) is 0 Å². The first-order chi connectivity index (χ1) is 15.9. The molecule has 2 heterocycles. The summed E-state index contributed by atoms with van der Waals surface area (Å²) < 4.78 is 20.8. The molecule has 5 nitrogen and oxygen atoms in total. The molecule has 1 aliphatic rings. The lowest BCUT2D eigenvalue weighted by Gasteiger charge is -2.31. The molecular weight excluding hydrogens is 419 g/mol. The first-order valence-electron chi connectivity index (χ1n) is 11.4. The van der Waals surface area contributed by atoms with E-state index >= 15 is 0 Å². The normalized spacial score (nSPS) is 16.0. The maximum Gasteiger partial charge on any atom is 0.310 e. The summed E-state index contributed by atoms with van der Waals surface area (Å²) in [5, 5.41) is 0. The lowest BCUT2D eigenvalue weighted by molar-refractivity contribution is -0.149. The second kappa shape index (κ2) is 9.61. The molecule has 0 spiro atoms. The van der Waals surface area contributed by atoms with Gasteiger partial charge in [0.05, 0.1) is 23.8 Å². The van der Waals surface area contributed by atoms with Crippen molar-refractivity contribution in [2.75, 3.05) is 19.7 Å². The standard InChI is InChI=1S/C27H29FN2O3/c1-4-33-27(32)21-8-6-14-29(17-21)26(31)24-16-25(20-10-12-22(28)13-11-20)30(19(24)3)23-9-5-7-18(2)15-23/h5,7,9-13,15-16,21H,4,6,8,14,17H2,1-3H3. The van der Waals surface area contributed by atoms with Gasteiger partial charge in [-0.05, 0) is 87.2 Å². The van der Waals surface area contributed by atoms with Crippen LogP contribution in [0.25, 0.3) is 16.9 Å². The van der Waals surface area contributed by atoms with Gasteiger partial charge in [-0.3, -0.25) is 9.59 Å². The highest BCUT2D eigenvalue weighted by molar-refractivity contribution is 5.97. The summed E-state index contributed by atoms with van der Waals surface area (Å²) in [6, 6.07) is 16.2. The van der Waals surface area contributed by atoms with Gasteiger partial charge in [0.1, 0.15) is 5.82 Å². The number of aromatic nitrogens is 1. The van der Waals surface area contributed by atoms with E-state index in [9.17, 15) is 14.0 Å². The average molecular weight is 449 g/mol. The van der Waals surface area contributed by atoms with E-state index in [4.69, 9.17) is 4.74 Å². The number of benzene rings is 2. The largest absolute Gasteiger partial charge is 0.466 e. The Labute approximate surface area is 193 Å². The minimum absolute atomic E-state index is 0.101. The Morgan fingerprint density at radius 1 is 1.09 bits per heavy atom. The van der Waals surface area contributed by atoms with Crippen molar-refractivity contribution in [3.63, 3.8) is 0 Å². The van der Waals surface area contributed by atoms with Gasteiger partial charge in [-0.1, -0.05) is 12.1 Å². The molecule has 3 aromatic rings. The molecular formula is C27H29FN2O3. The number of amides is 1. The maximum absolute atomic E-state index is 13.6. The third-order valence-electron chi connectivity index (χ3n) is 6.21. The fraction of sp³-hybridized carbons (Fsp3) is 0.333. The number of nitrogens with zero attached hydrogens (tertiary/aromatic N) is 2.